The van der Waals surface area contributed by atoms with Crippen molar-refractivity contribution in [3.63, 3.8) is 0 Å². The van der Waals surface area contributed by atoms with E-state index in [0.29, 0.717) is 45.1 Å². The Kier molecular flexibility index (Phi) is 10.7. The maximum Gasteiger partial charge on any atom is 0.329 e. The summed E-state index contributed by atoms with van der Waals surface area (Å²) in [6.45, 7) is 7.24. The number of fused-ring (bicyclic) bond motifs is 3. The third kappa shape index (κ3) is 7.46. The van der Waals surface area contributed by atoms with Crippen LogP contribution in [-0.4, -0.2) is 106 Å². The van der Waals surface area contributed by atoms with E-state index >= 15 is 0 Å². The third-order valence-electron chi connectivity index (χ3n) is 9.95. The number of carbonyl (C=O) groups excluding carboxylic acids is 6. The van der Waals surface area contributed by atoms with Gasteiger partial charge in [-0.1, -0.05) is 13.8 Å². The fourth-order valence-electron chi connectivity index (χ4n) is 7.44. The minimum absolute atomic E-state index is 0.0337. The molecule has 1 aromatic rings. The highest BCUT2D eigenvalue weighted by Crippen LogP contribution is 2.29. The van der Waals surface area contributed by atoms with Crippen LogP contribution in [0.2, 0.25) is 0 Å². The van der Waals surface area contributed by atoms with Crippen molar-refractivity contribution in [1.82, 2.24) is 25.3 Å². The van der Waals surface area contributed by atoms with E-state index in [4.69, 9.17) is 4.74 Å². The summed E-state index contributed by atoms with van der Waals surface area (Å²) in [7, 11) is 0. The molecular formula is C34H45F2N5O7. The molecule has 262 valence electrons. The van der Waals surface area contributed by atoms with Crippen LogP contribution in [0.15, 0.2) is 18.2 Å². The number of piperidine rings is 1. The van der Waals surface area contributed by atoms with Crippen LogP contribution in [0.3, 0.4) is 0 Å². The Morgan fingerprint density at radius 2 is 1.52 bits per heavy atom. The van der Waals surface area contributed by atoms with E-state index in [1.165, 1.54) is 21.6 Å². The Morgan fingerprint density at radius 3 is 2.23 bits per heavy atom. The molecule has 8 unspecified atom stereocenters. The first-order valence-electron chi connectivity index (χ1n) is 16.9. The average molecular weight is 674 g/mol. The number of esters is 1. The Labute approximate surface area is 278 Å². The molecule has 48 heavy (non-hydrogen) atoms. The van der Waals surface area contributed by atoms with Gasteiger partial charge in [-0.25, -0.2) is 13.6 Å². The van der Waals surface area contributed by atoms with Gasteiger partial charge >= 0.3 is 5.97 Å². The van der Waals surface area contributed by atoms with Crippen LogP contribution in [0.5, 0.6) is 0 Å². The van der Waals surface area contributed by atoms with Crippen molar-refractivity contribution in [3.05, 3.63) is 35.4 Å². The van der Waals surface area contributed by atoms with Gasteiger partial charge in [0.25, 0.3) is 0 Å². The molecule has 0 saturated carbocycles. The topological polar surface area (TPSA) is 145 Å². The van der Waals surface area contributed by atoms with E-state index in [2.05, 4.69) is 10.6 Å². The third-order valence-corrected chi connectivity index (χ3v) is 9.95. The van der Waals surface area contributed by atoms with Crippen LogP contribution in [0.1, 0.15) is 71.8 Å². The lowest BCUT2D eigenvalue weighted by molar-refractivity contribution is -0.163. The summed E-state index contributed by atoms with van der Waals surface area (Å²) in [6, 6.07) is -2.09. The average Bonchev–Trinajstić information content (AvgIpc) is 3.68. The number of rotatable bonds is 4. The molecule has 0 aromatic heterocycles. The van der Waals surface area contributed by atoms with Crippen LogP contribution in [0.4, 0.5) is 8.78 Å². The molecule has 0 spiro atoms. The highest BCUT2D eigenvalue weighted by atomic mass is 19.1. The molecule has 14 heteroatoms. The first kappa shape index (κ1) is 35.2. The Morgan fingerprint density at radius 1 is 0.875 bits per heavy atom. The standard InChI is InChI=1S/C34H45F2N5O7/c1-18-12-27-34(47)48-21(4)28(38-29(42)19(2)13-22-14-23(35)16-24(36)15-22)33(46)40-11-7-9-26(40)32(45)39-10-6-5-8-25(39)30(43)37-20(3)31(44)41(27)17-18/h14-16,18-21,25-28H,5-13,17H2,1-4H3,(H,37,43)(H,38,42). The summed E-state index contributed by atoms with van der Waals surface area (Å²) in [5.74, 6) is -5.78. The minimum Gasteiger partial charge on any atom is -0.458 e. The van der Waals surface area contributed by atoms with Crippen molar-refractivity contribution >= 4 is 35.5 Å². The van der Waals surface area contributed by atoms with Crippen LogP contribution in [-0.2, 0) is 39.9 Å². The zero-order chi connectivity index (χ0) is 34.9. The second kappa shape index (κ2) is 14.6. The van der Waals surface area contributed by atoms with Crippen molar-refractivity contribution in [2.75, 3.05) is 19.6 Å². The van der Waals surface area contributed by atoms with Gasteiger partial charge in [0.15, 0.2) is 0 Å². The maximum absolute atomic E-state index is 14.3. The lowest BCUT2D eigenvalue weighted by atomic mass is 9.98. The number of nitrogens with zero attached hydrogens (tertiary/aromatic N) is 3. The molecular weight excluding hydrogens is 628 g/mol. The normalized spacial score (nSPS) is 31.1. The van der Waals surface area contributed by atoms with Gasteiger partial charge in [0.2, 0.25) is 29.5 Å². The zero-order valence-corrected chi connectivity index (χ0v) is 27.9. The van der Waals surface area contributed by atoms with Crippen LogP contribution in [0, 0.1) is 23.5 Å². The fraction of sp³-hybridized carbons (Fsp3) is 0.647. The predicted octanol–water partition coefficient (Wildman–Crippen LogP) is 1.69. The second-order valence-corrected chi connectivity index (χ2v) is 13.8. The number of nitrogens with one attached hydrogen (secondary N) is 2. The molecule has 4 fully saturated rings. The van der Waals surface area contributed by atoms with Gasteiger partial charge in [-0.15, -0.1) is 0 Å². The van der Waals surface area contributed by atoms with Gasteiger partial charge in [-0.05, 0) is 82.4 Å². The van der Waals surface area contributed by atoms with E-state index in [1.54, 1.807) is 13.8 Å². The summed E-state index contributed by atoms with van der Waals surface area (Å²) < 4.78 is 33.5. The first-order chi connectivity index (χ1) is 22.7. The number of ether oxygens (including phenoxy) is 1. The van der Waals surface area contributed by atoms with E-state index in [1.807, 2.05) is 6.92 Å². The molecule has 4 aliphatic heterocycles. The highest BCUT2D eigenvalue weighted by Gasteiger charge is 2.47. The molecule has 4 heterocycles. The van der Waals surface area contributed by atoms with Crippen molar-refractivity contribution in [2.24, 2.45) is 11.8 Å². The fourth-order valence-corrected chi connectivity index (χ4v) is 7.44. The van der Waals surface area contributed by atoms with Gasteiger partial charge in [-0.3, -0.25) is 24.0 Å². The van der Waals surface area contributed by atoms with E-state index in [-0.39, 0.29) is 31.0 Å². The summed E-state index contributed by atoms with van der Waals surface area (Å²) >= 11 is 0. The van der Waals surface area contributed by atoms with E-state index < -0.39 is 89.4 Å². The molecule has 0 bridgehead atoms. The lowest BCUT2D eigenvalue weighted by Gasteiger charge is -2.39. The van der Waals surface area contributed by atoms with Gasteiger partial charge in [0, 0.05) is 31.6 Å². The molecule has 2 N–H and O–H groups in total. The van der Waals surface area contributed by atoms with Gasteiger partial charge in [0.05, 0.1) is 0 Å². The monoisotopic (exact) mass is 673 g/mol. The SMILES string of the molecule is CC1CC2C(=O)OC(C)C(NC(=O)C(C)Cc3cc(F)cc(F)c3)C(=O)N3CCCC3C(=O)N3CCCCC3C(=O)NC(C)C(=O)N2C1. The van der Waals surface area contributed by atoms with Crippen molar-refractivity contribution < 1.29 is 42.3 Å². The molecule has 4 aliphatic rings. The predicted molar refractivity (Wildman–Crippen MR) is 168 cm³/mol. The van der Waals surface area contributed by atoms with Gasteiger partial charge < -0.3 is 30.1 Å². The number of cyclic esters (lactones) is 1. The molecule has 5 amide bonds. The number of halogens is 2. The summed E-state index contributed by atoms with van der Waals surface area (Å²) in [4.78, 5) is 86.9. The minimum atomic E-state index is -1.41. The molecule has 4 saturated heterocycles. The number of hydrogen-bond donors (Lipinski definition) is 2. The van der Waals surface area contributed by atoms with Crippen molar-refractivity contribution in [1.29, 1.82) is 0 Å². The molecule has 8 atom stereocenters. The molecule has 12 nitrogen and oxygen atoms in total. The maximum atomic E-state index is 14.3. The zero-order valence-electron chi connectivity index (χ0n) is 27.9. The molecule has 0 radical (unpaired) electrons. The molecule has 1 aromatic carbocycles. The summed E-state index contributed by atoms with van der Waals surface area (Å²) in [6.07, 6.45) is 1.70. The van der Waals surface area contributed by atoms with Crippen LogP contribution < -0.4 is 10.6 Å². The Hall–Kier alpha value is -4.10. The van der Waals surface area contributed by atoms with Crippen molar-refractivity contribution in [3.8, 4) is 0 Å². The molecule has 0 aliphatic carbocycles. The van der Waals surface area contributed by atoms with Crippen LogP contribution >= 0.6 is 0 Å². The number of carbonyl (C=O) groups is 6. The quantitative estimate of drug-likeness (QED) is 0.463. The molecule has 5 rings (SSSR count). The van der Waals surface area contributed by atoms with Gasteiger partial charge in [0.1, 0.15) is 47.9 Å². The number of benzene rings is 1. The first-order valence-corrected chi connectivity index (χ1v) is 16.9. The summed E-state index contributed by atoms with van der Waals surface area (Å²) in [5, 5.41) is 5.47. The largest absolute Gasteiger partial charge is 0.458 e. The van der Waals surface area contributed by atoms with Crippen molar-refractivity contribution in [2.45, 2.75) is 109 Å². The highest BCUT2D eigenvalue weighted by molar-refractivity contribution is 5.97. The Balaban J connectivity index is 1.47. The van der Waals surface area contributed by atoms with Gasteiger partial charge in [-0.2, -0.15) is 0 Å². The number of amides is 5. The second-order valence-electron chi connectivity index (χ2n) is 13.8. The number of hydrogen-bond acceptors (Lipinski definition) is 7. The van der Waals surface area contributed by atoms with E-state index in [9.17, 15) is 37.5 Å². The smallest absolute Gasteiger partial charge is 0.329 e. The Bertz CT molecular complexity index is 1440. The lowest BCUT2D eigenvalue weighted by Crippen LogP contribution is -2.62. The van der Waals surface area contributed by atoms with Crippen LogP contribution in [0.25, 0.3) is 0 Å². The summed E-state index contributed by atoms with van der Waals surface area (Å²) in [5.41, 5.74) is 0.249. The van der Waals surface area contributed by atoms with E-state index in [0.717, 1.165) is 18.2 Å².